The largest absolute Gasteiger partial charge is 0.504 e. The maximum absolute atomic E-state index is 10.9. The highest BCUT2D eigenvalue weighted by atomic mass is 16.7. The van der Waals surface area contributed by atoms with Gasteiger partial charge in [0.2, 0.25) is 6.29 Å². The molecule has 0 radical (unpaired) electrons. The van der Waals surface area contributed by atoms with E-state index in [2.05, 4.69) is 0 Å². The molecule has 152 valence electrons. The number of aliphatic hydroxyl groups excluding tert-OH is 3. The second-order valence-electron chi connectivity index (χ2n) is 6.72. The van der Waals surface area contributed by atoms with Crippen LogP contribution in [0.25, 0.3) is 0 Å². The van der Waals surface area contributed by atoms with Crippen molar-refractivity contribution in [2.24, 2.45) is 5.73 Å². The van der Waals surface area contributed by atoms with E-state index >= 15 is 0 Å². The number of carboxylic acids is 1. The molecule has 0 bridgehead atoms. The Balaban J connectivity index is 0.000000313. The minimum Gasteiger partial charge on any atom is -0.504 e. The minimum absolute atomic E-state index is 0.0516. The zero-order valence-corrected chi connectivity index (χ0v) is 14.8. The third-order valence-electron chi connectivity index (χ3n) is 4.57. The number of nitrogens with two attached hydrogens (primary N) is 1. The highest BCUT2D eigenvalue weighted by Crippen LogP contribution is 2.29. The van der Waals surface area contributed by atoms with Crippen molar-refractivity contribution >= 4 is 5.97 Å². The SMILES string of the molecule is NC1CCCCC1.O=C(O)[C@H]1O[C@@H](Oc2ccccc2O)[C@H](O)[C@@H](O)[C@@H]1O. The Kier molecular flexibility index (Phi) is 7.81. The van der Waals surface area contributed by atoms with Crippen LogP contribution in [0.5, 0.6) is 11.5 Å². The van der Waals surface area contributed by atoms with Crippen molar-refractivity contribution in [3.63, 3.8) is 0 Å². The van der Waals surface area contributed by atoms with Crippen LogP contribution in [0.1, 0.15) is 32.1 Å². The fourth-order valence-electron chi connectivity index (χ4n) is 2.97. The number of aromatic hydroxyl groups is 1. The second-order valence-corrected chi connectivity index (χ2v) is 6.72. The van der Waals surface area contributed by atoms with Crippen molar-refractivity contribution in [2.45, 2.75) is 68.9 Å². The number of aliphatic carboxylic acids is 1. The zero-order chi connectivity index (χ0) is 20.0. The molecular formula is C18H27NO8. The fourth-order valence-corrected chi connectivity index (χ4v) is 2.97. The summed E-state index contributed by atoms with van der Waals surface area (Å²) in [7, 11) is 0. The minimum atomic E-state index is -1.79. The van der Waals surface area contributed by atoms with E-state index in [-0.39, 0.29) is 11.5 Å². The van der Waals surface area contributed by atoms with Crippen LogP contribution in [-0.2, 0) is 9.53 Å². The van der Waals surface area contributed by atoms with Gasteiger partial charge in [-0.1, -0.05) is 31.4 Å². The number of hydrogen-bond donors (Lipinski definition) is 6. The Morgan fingerprint density at radius 3 is 2.19 bits per heavy atom. The molecule has 27 heavy (non-hydrogen) atoms. The molecule has 9 heteroatoms. The van der Waals surface area contributed by atoms with Gasteiger partial charge in [-0.15, -0.1) is 0 Å². The van der Waals surface area contributed by atoms with Gasteiger partial charge in [-0.05, 0) is 25.0 Å². The van der Waals surface area contributed by atoms with Crippen molar-refractivity contribution in [1.82, 2.24) is 0 Å². The first-order chi connectivity index (χ1) is 12.8. The van der Waals surface area contributed by atoms with Crippen LogP contribution in [0.4, 0.5) is 0 Å². The molecule has 1 aliphatic heterocycles. The first-order valence-corrected chi connectivity index (χ1v) is 8.94. The molecule has 5 atom stereocenters. The molecule has 0 spiro atoms. The molecule has 1 aromatic carbocycles. The Hall–Kier alpha value is -1.91. The third kappa shape index (κ3) is 5.78. The van der Waals surface area contributed by atoms with Gasteiger partial charge in [-0.3, -0.25) is 0 Å². The number of phenolic OH excluding ortho intramolecular Hbond substituents is 1. The van der Waals surface area contributed by atoms with Crippen LogP contribution in [0.15, 0.2) is 24.3 Å². The monoisotopic (exact) mass is 385 g/mol. The van der Waals surface area contributed by atoms with Crippen molar-refractivity contribution in [3.8, 4) is 11.5 Å². The standard InChI is InChI=1S/C12H14O8.C6H13N/c13-5-3-1-2-4-6(5)19-12-9(16)7(14)8(15)10(20-12)11(17)18;7-6-4-2-1-3-5-6/h1-4,7-10,12-16H,(H,17,18);6H,1-5,7H2/t7-,8-,9+,10-,12+;/m0./s1. The van der Waals surface area contributed by atoms with E-state index in [1.165, 1.54) is 44.2 Å². The number of phenols is 1. The third-order valence-corrected chi connectivity index (χ3v) is 4.57. The highest BCUT2D eigenvalue weighted by molar-refractivity contribution is 5.73. The molecule has 0 aromatic heterocycles. The van der Waals surface area contributed by atoms with Crippen LogP contribution >= 0.6 is 0 Å². The molecule has 3 rings (SSSR count). The van der Waals surface area contributed by atoms with Crippen LogP contribution in [0.3, 0.4) is 0 Å². The molecule has 1 saturated heterocycles. The normalized spacial score (nSPS) is 31.5. The van der Waals surface area contributed by atoms with Gasteiger partial charge < -0.3 is 40.7 Å². The molecule has 1 saturated carbocycles. The molecule has 9 nitrogen and oxygen atoms in total. The van der Waals surface area contributed by atoms with Gasteiger partial charge in [0.25, 0.3) is 0 Å². The van der Waals surface area contributed by atoms with E-state index in [1.54, 1.807) is 12.1 Å². The molecule has 2 aliphatic rings. The summed E-state index contributed by atoms with van der Waals surface area (Å²) in [4.78, 5) is 10.9. The molecule has 0 unspecified atom stereocenters. The van der Waals surface area contributed by atoms with E-state index in [1.807, 2.05) is 0 Å². The summed E-state index contributed by atoms with van der Waals surface area (Å²) in [6, 6.07) is 6.32. The average Bonchev–Trinajstić information content (AvgIpc) is 2.64. The molecule has 0 amide bonds. The van der Waals surface area contributed by atoms with E-state index in [0.29, 0.717) is 6.04 Å². The van der Waals surface area contributed by atoms with Gasteiger partial charge in [0, 0.05) is 6.04 Å². The summed E-state index contributed by atoms with van der Waals surface area (Å²) < 4.78 is 10.0. The molecule has 1 heterocycles. The van der Waals surface area contributed by atoms with Gasteiger partial charge in [0.15, 0.2) is 17.6 Å². The topological polar surface area (TPSA) is 163 Å². The molecular weight excluding hydrogens is 358 g/mol. The van der Waals surface area contributed by atoms with Gasteiger partial charge in [0.05, 0.1) is 0 Å². The van der Waals surface area contributed by atoms with E-state index in [9.17, 15) is 25.2 Å². The smallest absolute Gasteiger partial charge is 0.335 e. The zero-order valence-electron chi connectivity index (χ0n) is 14.8. The number of hydrogen-bond acceptors (Lipinski definition) is 8. The summed E-state index contributed by atoms with van der Waals surface area (Å²) in [6.45, 7) is 0. The van der Waals surface area contributed by atoms with Gasteiger partial charge >= 0.3 is 5.97 Å². The first-order valence-electron chi connectivity index (χ1n) is 8.94. The summed E-state index contributed by atoms with van der Waals surface area (Å²) in [5, 5.41) is 47.2. The van der Waals surface area contributed by atoms with Gasteiger partial charge in [0.1, 0.15) is 18.3 Å². The summed E-state index contributed by atoms with van der Waals surface area (Å²) >= 11 is 0. The predicted octanol–water partition coefficient (Wildman–Crippen LogP) is -0.0590. The van der Waals surface area contributed by atoms with E-state index < -0.39 is 36.7 Å². The predicted molar refractivity (Wildman–Crippen MR) is 94.1 cm³/mol. The highest BCUT2D eigenvalue weighted by Gasteiger charge is 2.48. The van der Waals surface area contributed by atoms with Crippen molar-refractivity contribution in [3.05, 3.63) is 24.3 Å². The Bertz CT molecular complexity index is 607. The Morgan fingerprint density at radius 1 is 1.04 bits per heavy atom. The number of para-hydroxylation sites is 2. The lowest BCUT2D eigenvalue weighted by molar-refractivity contribution is -0.271. The molecule has 1 aromatic rings. The van der Waals surface area contributed by atoms with Crippen molar-refractivity contribution in [1.29, 1.82) is 0 Å². The summed E-state index contributed by atoms with van der Waals surface area (Å²) in [6.07, 6.45) is -1.82. The Labute approximate surface area is 157 Å². The van der Waals surface area contributed by atoms with Crippen molar-refractivity contribution < 1.29 is 39.8 Å². The van der Waals surface area contributed by atoms with Crippen LogP contribution in [0, 0.1) is 0 Å². The summed E-state index contributed by atoms with van der Waals surface area (Å²) in [5.74, 6) is -1.80. The lowest BCUT2D eigenvalue weighted by atomic mass is 9.97. The fraction of sp³-hybridized carbons (Fsp3) is 0.611. The quantitative estimate of drug-likeness (QED) is 0.418. The number of aliphatic hydroxyl groups is 3. The van der Waals surface area contributed by atoms with Crippen LogP contribution < -0.4 is 10.5 Å². The molecule has 2 fully saturated rings. The lowest BCUT2D eigenvalue weighted by Gasteiger charge is -2.38. The first kappa shape index (κ1) is 21.4. The maximum atomic E-state index is 10.9. The second kappa shape index (κ2) is 9.86. The van der Waals surface area contributed by atoms with Gasteiger partial charge in [-0.25, -0.2) is 4.79 Å². The Morgan fingerprint density at radius 2 is 1.67 bits per heavy atom. The van der Waals surface area contributed by atoms with Gasteiger partial charge in [-0.2, -0.15) is 0 Å². The van der Waals surface area contributed by atoms with Crippen molar-refractivity contribution in [2.75, 3.05) is 0 Å². The number of benzene rings is 1. The maximum Gasteiger partial charge on any atom is 0.335 e. The number of ether oxygens (including phenoxy) is 2. The lowest BCUT2D eigenvalue weighted by Crippen LogP contribution is -2.61. The average molecular weight is 385 g/mol. The number of rotatable bonds is 3. The van der Waals surface area contributed by atoms with Crippen LogP contribution in [0.2, 0.25) is 0 Å². The summed E-state index contributed by atoms with van der Waals surface area (Å²) in [5.41, 5.74) is 5.63. The number of carboxylic acid groups (broad SMARTS) is 1. The molecule has 7 N–H and O–H groups in total. The van der Waals surface area contributed by atoms with E-state index in [4.69, 9.17) is 20.3 Å². The van der Waals surface area contributed by atoms with Crippen LogP contribution in [-0.4, -0.2) is 68.2 Å². The number of carbonyl (C=O) groups is 1. The molecule has 1 aliphatic carbocycles. The van der Waals surface area contributed by atoms with E-state index in [0.717, 1.165) is 0 Å².